The smallest absolute Gasteiger partial charge is 0.118 e. The van der Waals surface area contributed by atoms with Gasteiger partial charge in [-0.3, -0.25) is 0 Å². The van der Waals surface area contributed by atoms with Gasteiger partial charge in [0.15, 0.2) is 0 Å². The molecule has 1 aromatic carbocycles. The first-order chi connectivity index (χ1) is 7.88. The molecule has 88 valence electrons. The Morgan fingerprint density at radius 3 is 2.19 bits per heavy atom. The van der Waals surface area contributed by atoms with Gasteiger partial charge in [0.2, 0.25) is 0 Å². The molecule has 0 amide bonds. The fourth-order valence-corrected chi connectivity index (χ4v) is 2.44. The molecule has 0 aliphatic carbocycles. The third-order valence-corrected chi connectivity index (χ3v) is 3.42. The Morgan fingerprint density at radius 2 is 1.62 bits per heavy atom. The number of ether oxygens (including phenoxy) is 1. The molecule has 0 spiro atoms. The first-order valence-electron chi connectivity index (χ1n) is 6.35. The average Bonchev–Trinajstić information content (AvgIpc) is 2.59. The molecule has 16 heavy (non-hydrogen) atoms. The number of nitrogens with one attached hydrogen (secondary N) is 1. The van der Waals surface area contributed by atoms with E-state index < -0.39 is 0 Å². The number of benzene rings is 1. The van der Waals surface area contributed by atoms with Crippen LogP contribution in [0.5, 0.6) is 5.75 Å². The minimum atomic E-state index is 0.953. The molecule has 2 nitrogen and oxygen atoms in total. The van der Waals surface area contributed by atoms with Gasteiger partial charge in [-0.15, -0.1) is 0 Å². The standard InChI is InChI=1S/C14H21NO/c1-16-14-8-6-13(7-9-14)12-15-10-4-2-3-5-11-15/h6-9H,2-5,10-12H2,1H3/p+1. The van der Waals surface area contributed by atoms with Crippen molar-refractivity contribution >= 4 is 0 Å². The van der Waals surface area contributed by atoms with Gasteiger partial charge in [0, 0.05) is 5.56 Å². The van der Waals surface area contributed by atoms with Crippen molar-refractivity contribution in [2.45, 2.75) is 32.2 Å². The minimum Gasteiger partial charge on any atom is -0.497 e. The Kier molecular flexibility index (Phi) is 4.23. The van der Waals surface area contributed by atoms with E-state index in [2.05, 4.69) is 24.3 Å². The van der Waals surface area contributed by atoms with E-state index in [1.807, 2.05) is 0 Å². The summed E-state index contributed by atoms with van der Waals surface area (Å²) in [6, 6.07) is 8.51. The highest BCUT2D eigenvalue weighted by molar-refractivity contribution is 5.26. The predicted octanol–water partition coefficient (Wildman–Crippen LogP) is 1.65. The Balaban J connectivity index is 1.91. The highest BCUT2D eigenvalue weighted by Crippen LogP contribution is 2.10. The van der Waals surface area contributed by atoms with Crippen molar-refractivity contribution in [1.29, 1.82) is 0 Å². The molecule has 1 fully saturated rings. The minimum absolute atomic E-state index is 0.953. The highest BCUT2D eigenvalue weighted by atomic mass is 16.5. The van der Waals surface area contributed by atoms with E-state index in [-0.39, 0.29) is 0 Å². The van der Waals surface area contributed by atoms with Gasteiger partial charge in [-0.05, 0) is 49.9 Å². The van der Waals surface area contributed by atoms with E-state index in [9.17, 15) is 0 Å². The maximum Gasteiger partial charge on any atom is 0.118 e. The van der Waals surface area contributed by atoms with Crippen molar-refractivity contribution in [3.05, 3.63) is 29.8 Å². The number of rotatable bonds is 3. The summed E-state index contributed by atoms with van der Waals surface area (Å²) in [5.74, 6) is 0.953. The Bertz CT molecular complexity index is 299. The Morgan fingerprint density at radius 1 is 1.00 bits per heavy atom. The van der Waals surface area contributed by atoms with Crippen LogP contribution in [0.25, 0.3) is 0 Å². The number of quaternary nitrogens is 1. The van der Waals surface area contributed by atoms with Crippen LogP contribution in [0.1, 0.15) is 31.2 Å². The van der Waals surface area contributed by atoms with Gasteiger partial charge < -0.3 is 9.64 Å². The first-order valence-corrected chi connectivity index (χ1v) is 6.35. The molecule has 0 bridgehead atoms. The third-order valence-electron chi connectivity index (χ3n) is 3.42. The number of likely N-dealkylation sites (tertiary alicyclic amines) is 1. The predicted molar refractivity (Wildman–Crippen MR) is 65.9 cm³/mol. The monoisotopic (exact) mass is 220 g/mol. The highest BCUT2D eigenvalue weighted by Gasteiger charge is 2.12. The van der Waals surface area contributed by atoms with E-state index in [1.54, 1.807) is 12.0 Å². The molecule has 2 rings (SSSR count). The van der Waals surface area contributed by atoms with Crippen molar-refractivity contribution < 1.29 is 9.64 Å². The van der Waals surface area contributed by atoms with Gasteiger partial charge >= 0.3 is 0 Å². The van der Waals surface area contributed by atoms with Gasteiger partial charge in [0.25, 0.3) is 0 Å². The summed E-state index contributed by atoms with van der Waals surface area (Å²) < 4.78 is 5.17. The van der Waals surface area contributed by atoms with E-state index in [1.165, 1.54) is 50.9 Å². The lowest BCUT2D eigenvalue weighted by molar-refractivity contribution is -0.913. The molecule has 1 N–H and O–H groups in total. The Hall–Kier alpha value is -1.02. The summed E-state index contributed by atoms with van der Waals surface area (Å²) in [5, 5.41) is 0. The number of hydrogen-bond donors (Lipinski definition) is 1. The summed E-state index contributed by atoms with van der Waals surface area (Å²) in [4.78, 5) is 1.74. The van der Waals surface area contributed by atoms with Crippen LogP contribution in [-0.2, 0) is 6.54 Å². The molecular weight excluding hydrogens is 198 g/mol. The van der Waals surface area contributed by atoms with Crippen LogP contribution >= 0.6 is 0 Å². The molecular formula is C14H22NO+. The van der Waals surface area contributed by atoms with Gasteiger partial charge in [-0.2, -0.15) is 0 Å². The lowest BCUT2D eigenvalue weighted by Gasteiger charge is -2.17. The fraction of sp³-hybridized carbons (Fsp3) is 0.571. The number of methoxy groups -OCH3 is 1. The molecule has 0 aromatic heterocycles. The summed E-state index contributed by atoms with van der Waals surface area (Å²) in [7, 11) is 1.72. The van der Waals surface area contributed by atoms with Gasteiger partial charge in [-0.25, -0.2) is 0 Å². The summed E-state index contributed by atoms with van der Waals surface area (Å²) in [6.07, 6.45) is 5.63. The molecule has 1 aliphatic heterocycles. The SMILES string of the molecule is COc1ccc(C[NH+]2CCCCCC2)cc1. The zero-order valence-electron chi connectivity index (χ0n) is 10.2. The van der Waals surface area contributed by atoms with Crippen molar-refractivity contribution in [3.8, 4) is 5.75 Å². The summed E-state index contributed by atoms with van der Waals surface area (Å²) in [5.41, 5.74) is 1.43. The number of hydrogen-bond acceptors (Lipinski definition) is 1. The van der Waals surface area contributed by atoms with Gasteiger partial charge in [-0.1, -0.05) is 0 Å². The van der Waals surface area contributed by atoms with Crippen LogP contribution < -0.4 is 9.64 Å². The van der Waals surface area contributed by atoms with Crippen LogP contribution in [0.3, 0.4) is 0 Å². The second-order valence-corrected chi connectivity index (χ2v) is 4.69. The summed E-state index contributed by atoms with van der Waals surface area (Å²) in [6.45, 7) is 3.85. The molecule has 0 saturated carbocycles. The average molecular weight is 220 g/mol. The molecule has 0 unspecified atom stereocenters. The molecule has 1 heterocycles. The molecule has 1 saturated heterocycles. The van der Waals surface area contributed by atoms with E-state index in [4.69, 9.17) is 4.74 Å². The lowest BCUT2D eigenvalue weighted by Crippen LogP contribution is -3.10. The van der Waals surface area contributed by atoms with E-state index in [0.29, 0.717) is 0 Å². The normalized spacial score (nSPS) is 18.1. The second kappa shape index (κ2) is 5.90. The lowest BCUT2D eigenvalue weighted by atomic mass is 10.2. The largest absolute Gasteiger partial charge is 0.497 e. The second-order valence-electron chi connectivity index (χ2n) is 4.69. The molecule has 0 atom stereocenters. The zero-order valence-corrected chi connectivity index (χ0v) is 10.2. The first kappa shape index (κ1) is 11.5. The quantitative estimate of drug-likeness (QED) is 0.818. The topological polar surface area (TPSA) is 13.7 Å². The van der Waals surface area contributed by atoms with E-state index in [0.717, 1.165) is 5.75 Å². The van der Waals surface area contributed by atoms with Crippen LogP contribution in [-0.4, -0.2) is 20.2 Å². The maximum absolute atomic E-state index is 5.17. The molecule has 1 aliphatic rings. The van der Waals surface area contributed by atoms with Crippen LogP contribution in [0.2, 0.25) is 0 Å². The van der Waals surface area contributed by atoms with Crippen LogP contribution in [0, 0.1) is 0 Å². The fourth-order valence-electron chi connectivity index (χ4n) is 2.44. The molecule has 1 aromatic rings. The van der Waals surface area contributed by atoms with Crippen molar-refractivity contribution in [3.63, 3.8) is 0 Å². The van der Waals surface area contributed by atoms with Crippen LogP contribution in [0.15, 0.2) is 24.3 Å². The van der Waals surface area contributed by atoms with E-state index >= 15 is 0 Å². The summed E-state index contributed by atoms with van der Waals surface area (Å²) >= 11 is 0. The van der Waals surface area contributed by atoms with Crippen molar-refractivity contribution in [1.82, 2.24) is 0 Å². The zero-order chi connectivity index (χ0) is 11.2. The van der Waals surface area contributed by atoms with Crippen molar-refractivity contribution in [2.75, 3.05) is 20.2 Å². The molecule has 0 radical (unpaired) electrons. The third kappa shape index (κ3) is 3.24. The van der Waals surface area contributed by atoms with Gasteiger partial charge in [0.05, 0.1) is 20.2 Å². The van der Waals surface area contributed by atoms with Gasteiger partial charge in [0.1, 0.15) is 12.3 Å². The van der Waals surface area contributed by atoms with Crippen molar-refractivity contribution in [2.24, 2.45) is 0 Å². The maximum atomic E-state index is 5.17. The van der Waals surface area contributed by atoms with Crippen LogP contribution in [0.4, 0.5) is 0 Å². The Labute approximate surface area is 98.2 Å². The molecule has 2 heteroatoms.